The van der Waals surface area contributed by atoms with Gasteiger partial charge in [0.2, 0.25) is 10.0 Å². The van der Waals surface area contributed by atoms with E-state index in [0.717, 1.165) is 51.6 Å². The summed E-state index contributed by atoms with van der Waals surface area (Å²) in [6.07, 6.45) is 1.51. The lowest BCUT2D eigenvalue weighted by Crippen LogP contribution is -2.49. The van der Waals surface area contributed by atoms with Crippen molar-refractivity contribution in [2.75, 3.05) is 31.1 Å². The molecule has 0 radical (unpaired) electrons. The van der Waals surface area contributed by atoms with Gasteiger partial charge in [0, 0.05) is 48.9 Å². The highest BCUT2D eigenvalue weighted by atomic mass is 35.5. The average Bonchev–Trinajstić information content (AvgIpc) is 2.80. The predicted molar refractivity (Wildman–Crippen MR) is 142 cm³/mol. The highest BCUT2D eigenvalue weighted by molar-refractivity contribution is 7.89. The van der Waals surface area contributed by atoms with E-state index in [0.29, 0.717) is 42.5 Å². The van der Waals surface area contributed by atoms with Gasteiger partial charge >= 0.3 is 0 Å². The molecule has 1 aromatic heterocycles. The normalized spacial score (nSPS) is 15.0. The lowest BCUT2D eigenvalue weighted by Gasteiger charge is -2.36. The fourth-order valence-corrected chi connectivity index (χ4v) is 6.98. The van der Waals surface area contributed by atoms with E-state index in [1.54, 1.807) is 4.31 Å². The number of piperazine rings is 1. The maximum atomic E-state index is 13.5. The molecule has 0 saturated carbocycles. The van der Waals surface area contributed by atoms with E-state index in [4.69, 9.17) is 21.6 Å². The first-order valence-electron chi connectivity index (χ1n) is 12.0. The number of rotatable bonds is 6. The lowest BCUT2D eigenvalue weighted by atomic mass is 10.0. The summed E-state index contributed by atoms with van der Waals surface area (Å²) < 4.78 is 28.7. The van der Waals surface area contributed by atoms with Crippen molar-refractivity contribution in [2.24, 2.45) is 0 Å². The maximum absolute atomic E-state index is 13.5. The number of halogens is 1. The van der Waals surface area contributed by atoms with Gasteiger partial charge in [-0.15, -0.1) is 0 Å². The van der Waals surface area contributed by atoms with Crippen molar-refractivity contribution in [3.63, 3.8) is 0 Å². The lowest BCUT2D eigenvalue weighted by molar-refractivity contribution is 0.383. The zero-order valence-electron chi connectivity index (χ0n) is 21.1. The quantitative estimate of drug-likeness (QED) is 0.463. The molecule has 3 aromatic rings. The maximum Gasteiger partial charge on any atom is 0.243 e. The zero-order chi connectivity index (χ0) is 25.3. The summed E-state index contributed by atoms with van der Waals surface area (Å²) in [4.78, 5) is 12.2. The third kappa shape index (κ3) is 5.37. The van der Waals surface area contributed by atoms with Crippen LogP contribution in [0.4, 0.5) is 5.82 Å². The molecule has 2 aromatic carbocycles. The Kier molecular flexibility index (Phi) is 7.50. The largest absolute Gasteiger partial charge is 0.354 e. The van der Waals surface area contributed by atoms with Crippen LogP contribution in [0, 0.1) is 27.7 Å². The van der Waals surface area contributed by atoms with Crippen molar-refractivity contribution in [3.8, 4) is 0 Å². The summed E-state index contributed by atoms with van der Waals surface area (Å²) in [5, 5.41) is 0.709. The number of aromatic nitrogens is 2. The molecule has 0 atom stereocenters. The first-order chi connectivity index (χ1) is 16.6. The van der Waals surface area contributed by atoms with Crippen LogP contribution in [-0.4, -0.2) is 48.9 Å². The van der Waals surface area contributed by atoms with Crippen LogP contribution in [0.2, 0.25) is 5.02 Å². The molecule has 8 heteroatoms. The molecule has 0 spiro atoms. The standard InChI is InChI=1S/C27H33ClN4O2S/c1-6-25-24(17-22-7-9-23(28)10-8-22)27(30-21(5)29-25)31-11-13-32(14-12-31)35(33,34)26-19(3)15-18(2)16-20(26)4/h7-10,15-16H,6,11-14,17H2,1-5H3. The number of aryl methyl sites for hydroxylation is 5. The van der Waals surface area contributed by atoms with Crippen molar-refractivity contribution in [1.29, 1.82) is 0 Å². The number of nitrogens with zero attached hydrogens (tertiary/aromatic N) is 4. The van der Waals surface area contributed by atoms with Crippen LogP contribution < -0.4 is 4.90 Å². The number of sulfonamides is 1. The van der Waals surface area contributed by atoms with Crippen LogP contribution in [0.3, 0.4) is 0 Å². The van der Waals surface area contributed by atoms with Gasteiger partial charge in [-0.25, -0.2) is 18.4 Å². The number of hydrogen-bond acceptors (Lipinski definition) is 5. The Balaban J connectivity index is 1.61. The van der Waals surface area contributed by atoms with Crippen LogP contribution in [0.5, 0.6) is 0 Å². The van der Waals surface area contributed by atoms with Gasteiger partial charge in [0.25, 0.3) is 0 Å². The van der Waals surface area contributed by atoms with Crippen LogP contribution in [0.25, 0.3) is 0 Å². The van der Waals surface area contributed by atoms with Crippen molar-refractivity contribution in [2.45, 2.75) is 52.4 Å². The summed E-state index contributed by atoms with van der Waals surface area (Å²) in [5.74, 6) is 1.64. The fourth-order valence-electron chi connectivity index (χ4n) is 5.02. The Morgan fingerprint density at radius 2 is 1.51 bits per heavy atom. The van der Waals surface area contributed by atoms with E-state index in [1.807, 2.05) is 64.1 Å². The van der Waals surface area contributed by atoms with E-state index >= 15 is 0 Å². The number of hydrogen-bond donors (Lipinski definition) is 0. The molecule has 1 fully saturated rings. The Hall–Kier alpha value is -2.48. The first kappa shape index (κ1) is 25.6. The molecule has 1 aliphatic rings. The Morgan fingerprint density at radius 1 is 0.914 bits per heavy atom. The third-order valence-corrected chi connectivity index (χ3v) is 9.01. The van der Waals surface area contributed by atoms with Gasteiger partial charge in [-0.3, -0.25) is 0 Å². The fraction of sp³-hybridized carbons (Fsp3) is 0.407. The monoisotopic (exact) mass is 512 g/mol. The topological polar surface area (TPSA) is 66.4 Å². The van der Waals surface area contributed by atoms with E-state index in [9.17, 15) is 8.42 Å². The molecule has 35 heavy (non-hydrogen) atoms. The van der Waals surface area contributed by atoms with Crippen LogP contribution in [0.1, 0.15) is 46.3 Å². The summed E-state index contributed by atoms with van der Waals surface area (Å²) in [7, 11) is -3.57. The molecule has 1 aliphatic heterocycles. The first-order valence-corrected chi connectivity index (χ1v) is 13.9. The Bertz CT molecular complexity index is 1310. The Morgan fingerprint density at radius 3 is 2.09 bits per heavy atom. The minimum absolute atomic E-state index is 0.417. The van der Waals surface area contributed by atoms with Gasteiger partial charge in [0.1, 0.15) is 11.6 Å². The third-order valence-electron chi connectivity index (χ3n) is 6.55. The second-order valence-corrected chi connectivity index (χ2v) is 11.6. The van der Waals surface area contributed by atoms with Gasteiger partial charge in [-0.05, 0) is 62.9 Å². The second-order valence-electron chi connectivity index (χ2n) is 9.30. The summed E-state index contributed by atoms with van der Waals surface area (Å²) in [6, 6.07) is 11.7. The van der Waals surface area contributed by atoms with Gasteiger partial charge < -0.3 is 4.90 Å². The van der Waals surface area contributed by atoms with Crippen molar-refractivity contribution in [1.82, 2.24) is 14.3 Å². The minimum atomic E-state index is -3.57. The van der Waals surface area contributed by atoms with E-state index in [-0.39, 0.29) is 0 Å². The van der Waals surface area contributed by atoms with Gasteiger partial charge in [0.05, 0.1) is 4.90 Å². The molecule has 2 heterocycles. The molecule has 0 N–H and O–H groups in total. The Labute approximate surface area is 214 Å². The number of anilines is 1. The summed E-state index contributed by atoms with van der Waals surface area (Å²) in [6.45, 7) is 11.8. The molecule has 186 valence electrons. The average molecular weight is 513 g/mol. The second kappa shape index (κ2) is 10.2. The summed E-state index contributed by atoms with van der Waals surface area (Å²) in [5.41, 5.74) is 5.95. The van der Waals surface area contributed by atoms with Crippen LogP contribution >= 0.6 is 11.6 Å². The molecular formula is C27H33ClN4O2S. The molecule has 0 bridgehead atoms. The smallest absolute Gasteiger partial charge is 0.243 e. The van der Waals surface area contributed by atoms with E-state index < -0.39 is 10.0 Å². The predicted octanol–water partition coefficient (Wildman–Crippen LogP) is 5.03. The van der Waals surface area contributed by atoms with Crippen molar-refractivity contribution >= 4 is 27.4 Å². The van der Waals surface area contributed by atoms with Gasteiger partial charge in [-0.1, -0.05) is 48.4 Å². The molecular weight excluding hydrogens is 480 g/mol. The zero-order valence-corrected chi connectivity index (χ0v) is 22.7. The highest BCUT2D eigenvalue weighted by Crippen LogP contribution is 2.29. The molecule has 0 unspecified atom stereocenters. The molecule has 4 rings (SSSR count). The van der Waals surface area contributed by atoms with Crippen LogP contribution in [-0.2, 0) is 22.9 Å². The van der Waals surface area contributed by atoms with E-state index in [2.05, 4.69) is 11.8 Å². The highest BCUT2D eigenvalue weighted by Gasteiger charge is 2.32. The van der Waals surface area contributed by atoms with Crippen molar-refractivity contribution in [3.05, 3.63) is 80.8 Å². The molecule has 1 saturated heterocycles. The molecule has 0 aliphatic carbocycles. The SMILES string of the molecule is CCc1nc(C)nc(N2CCN(S(=O)(=O)c3c(C)cc(C)cc3C)CC2)c1Cc1ccc(Cl)cc1. The number of benzene rings is 2. The summed E-state index contributed by atoms with van der Waals surface area (Å²) >= 11 is 6.08. The minimum Gasteiger partial charge on any atom is -0.354 e. The van der Waals surface area contributed by atoms with Gasteiger partial charge in [0.15, 0.2) is 0 Å². The van der Waals surface area contributed by atoms with E-state index in [1.165, 1.54) is 0 Å². The van der Waals surface area contributed by atoms with Crippen molar-refractivity contribution < 1.29 is 8.42 Å². The van der Waals surface area contributed by atoms with Gasteiger partial charge in [-0.2, -0.15) is 4.31 Å². The molecule has 6 nitrogen and oxygen atoms in total. The van der Waals surface area contributed by atoms with Crippen LogP contribution in [0.15, 0.2) is 41.3 Å². The molecule has 0 amide bonds.